The Hall–Kier alpha value is -2.94. The van der Waals surface area contributed by atoms with Crippen LogP contribution in [0.4, 0.5) is 0 Å². The first kappa shape index (κ1) is 32.6. The second kappa shape index (κ2) is 15.3. The third-order valence-corrected chi connectivity index (χ3v) is 8.94. The van der Waals surface area contributed by atoms with Gasteiger partial charge < -0.3 is 9.47 Å². The van der Waals surface area contributed by atoms with E-state index < -0.39 is 27.7 Å². The van der Waals surface area contributed by atoms with E-state index in [1.54, 1.807) is 38.1 Å². The minimum absolute atomic E-state index is 0.345. The average Bonchev–Trinajstić information content (AvgIpc) is 2.91. The van der Waals surface area contributed by atoms with Gasteiger partial charge in [0.1, 0.15) is 11.5 Å². The molecule has 220 valence electrons. The number of hydrogen-bond acceptors (Lipinski definition) is 6. The van der Waals surface area contributed by atoms with Gasteiger partial charge in [-0.25, -0.2) is 0 Å². The van der Waals surface area contributed by atoms with Gasteiger partial charge in [0, 0.05) is 19.9 Å². The summed E-state index contributed by atoms with van der Waals surface area (Å²) in [7, 11) is -4.40. The molecule has 0 radical (unpaired) electrons. The molecule has 3 aromatic carbocycles. The van der Waals surface area contributed by atoms with Crippen molar-refractivity contribution in [3.05, 3.63) is 81.9 Å². The van der Waals surface area contributed by atoms with Gasteiger partial charge in [0.25, 0.3) is 0 Å². The van der Waals surface area contributed by atoms with Crippen molar-refractivity contribution < 1.29 is 27.7 Å². The number of benzene rings is 3. The fraction of sp³-hybridized carbons (Fsp3) is 0.455. The maximum Gasteiger partial charge on any atom is 0.601 e. The highest BCUT2D eigenvalue weighted by atomic mass is 31.1. The summed E-state index contributed by atoms with van der Waals surface area (Å²) in [4.78, 5) is 0. The molecule has 4 unspecified atom stereocenters. The molecule has 3 rings (SSSR count). The summed E-state index contributed by atoms with van der Waals surface area (Å²) in [6.07, 6.45) is 5.41. The van der Waals surface area contributed by atoms with Crippen molar-refractivity contribution in [3.63, 3.8) is 0 Å². The van der Waals surface area contributed by atoms with Crippen LogP contribution in [0.1, 0.15) is 80.3 Å². The second-order valence-corrected chi connectivity index (χ2v) is 13.6. The van der Waals surface area contributed by atoms with Gasteiger partial charge >= 0.3 is 27.7 Å². The molecule has 0 heterocycles. The van der Waals surface area contributed by atoms with E-state index in [2.05, 4.69) is 38.1 Å². The zero-order valence-corrected chi connectivity index (χ0v) is 27.4. The molecule has 0 amide bonds. The van der Waals surface area contributed by atoms with Crippen LogP contribution in [0, 0.1) is 27.7 Å². The molecule has 3 aromatic rings. The first-order chi connectivity index (χ1) is 19.5. The smallest absolute Gasteiger partial charge is 0.443 e. The van der Waals surface area contributed by atoms with Gasteiger partial charge in [0.2, 0.25) is 0 Å². The molecule has 8 heteroatoms. The van der Waals surface area contributed by atoms with Gasteiger partial charge in [-0.15, -0.1) is 0 Å². The van der Waals surface area contributed by atoms with E-state index in [0.717, 1.165) is 65.9 Å². The Kier molecular flexibility index (Phi) is 12.2. The fourth-order valence-electron chi connectivity index (χ4n) is 4.78. The lowest BCUT2D eigenvalue weighted by molar-refractivity contribution is 0.277. The largest absolute Gasteiger partial charge is 0.601 e. The fourth-order valence-corrected chi connectivity index (χ4v) is 6.10. The van der Waals surface area contributed by atoms with Crippen molar-refractivity contribution in [2.75, 3.05) is 0 Å². The number of ether oxygens (including phenoxy) is 2. The van der Waals surface area contributed by atoms with E-state index in [0.29, 0.717) is 11.5 Å². The zero-order chi connectivity index (χ0) is 30.1. The van der Waals surface area contributed by atoms with Crippen molar-refractivity contribution >= 4 is 16.1 Å². The van der Waals surface area contributed by atoms with Crippen LogP contribution >= 0.6 is 16.1 Å². The summed E-state index contributed by atoms with van der Waals surface area (Å²) in [5.41, 5.74) is 6.61. The molecule has 0 N–H and O–H groups in total. The monoisotopic (exact) mass is 598 g/mol. The predicted octanol–water partition coefficient (Wildman–Crippen LogP) is 10.3. The summed E-state index contributed by atoms with van der Waals surface area (Å²) >= 11 is 0. The third-order valence-electron chi connectivity index (χ3n) is 6.76. The molecule has 0 aliphatic carbocycles. The maximum absolute atomic E-state index is 13.0. The summed E-state index contributed by atoms with van der Waals surface area (Å²) in [5.74, 6) is 0.809. The van der Waals surface area contributed by atoms with Gasteiger partial charge in [0.05, 0.1) is 0 Å². The third kappa shape index (κ3) is 9.28. The highest BCUT2D eigenvalue weighted by Crippen LogP contribution is 2.40. The van der Waals surface area contributed by atoms with Crippen LogP contribution in [0.15, 0.2) is 48.5 Å². The van der Waals surface area contributed by atoms with Gasteiger partial charge in [-0.2, -0.15) is 0 Å². The van der Waals surface area contributed by atoms with Gasteiger partial charge in [0.15, 0.2) is 11.5 Å². The van der Waals surface area contributed by atoms with E-state index >= 15 is 0 Å². The molecular weight excluding hydrogens is 554 g/mol. The average molecular weight is 599 g/mol. The number of unbranched alkanes of at least 4 members (excludes halogenated alkanes) is 1. The van der Waals surface area contributed by atoms with Crippen molar-refractivity contribution in [1.82, 2.24) is 0 Å². The Balaban J connectivity index is 1.61. The summed E-state index contributed by atoms with van der Waals surface area (Å²) < 4.78 is 49.6. The standard InChI is InChI=1S/C33H44O6P2/c1-9-11-14-29-19-24(5)33(25(6)20-29)37-27(8)41(35)39-31-16-12-15-30(21-31)38-40(34)26(7)36-32-22(3)17-28(13-10-2)18-23(32)4/h12,15-21,26-27H,9-11,13-14H2,1-8H3/q+2. The first-order valence-corrected chi connectivity index (χ1v) is 16.9. The van der Waals surface area contributed by atoms with Crippen LogP contribution in [0.3, 0.4) is 0 Å². The molecule has 0 aromatic heterocycles. The molecule has 0 fully saturated rings. The van der Waals surface area contributed by atoms with Gasteiger partial charge in [-0.05, 0) is 102 Å². The quantitative estimate of drug-likeness (QED) is 0.162. The van der Waals surface area contributed by atoms with Crippen LogP contribution in [0.2, 0.25) is 0 Å². The highest BCUT2D eigenvalue weighted by Gasteiger charge is 2.35. The van der Waals surface area contributed by atoms with Crippen molar-refractivity contribution in [2.24, 2.45) is 0 Å². The van der Waals surface area contributed by atoms with Gasteiger partial charge in [-0.3, -0.25) is 9.05 Å². The van der Waals surface area contributed by atoms with E-state index in [1.165, 1.54) is 11.1 Å². The van der Waals surface area contributed by atoms with E-state index in [9.17, 15) is 9.13 Å². The number of hydrogen-bond donors (Lipinski definition) is 0. The summed E-state index contributed by atoms with van der Waals surface area (Å²) in [6, 6.07) is 15.2. The number of aryl methyl sites for hydroxylation is 6. The molecule has 6 nitrogen and oxygen atoms in total. The lowest BCUT2D eigenvalue weighted by Gasteiger charge is -2.14. The minimum Gasteiger partial charge on any atom is -0.443 e. The second-order valence-electron chi connectivity index (χ2n) is 10.6. The van der Waals surface area contributed by atoms with Crippen LogP contribution in [0.25, 0.3) is 0 Å². The zero-order valence-electron chi connectivity index (χ0n) is 25.7. The van der Waals surface area contributed by atoms with Crippen LogP contribution in [0.5, 0.6) is 23.0 Å². The van der Waals surface area contributed by atoms with Crippen molar-refractivity contribution in [1.29, 1.82) is 0 Å². The molecule has 0 saturated heterocycles. The molecule has 4 atom stereocenters. The molecule has 0 saturated carbocycles. The Morgan fingerprint density at radius 2 is 1.05 bits per heavy atom. The first-order valence-electron chi connectivity index (χ1n) is 14.4. The Morgan fingerprint density at radius 3 is 1.44 bits per heavy atom. The van der Waals surface area contributed by atoms with Crippen molar-refractivity contribution in [2.45, 2.75) is 99.2 Å². The van der Waals surface area contributed by atoms with Crippen LogP contribution in [-0.2, 0) is 22.0 Å². The molecule has 41 heavy (non-hydrogen) atoms. The van der Waals surface area contributed by atoms with E-state index in [-0.39, 0.29) is 0 Å². The summed E-state index contributed by atoms with van der Waals surface area (Å²) in [5, 5.41) is 0. The van der Waals surface area contributed by atoms with Crippen molar-refractivity contribution in [3.8, 4) is 23.0 Å². The topological polar surface area (TPSA) is 71.1 Å². The van der Waals surface area contributed by atoms with Gasteiger partial charge in [-0.1, -0.05) is 57.0 Å². The lowest BCUT2D eigenvalue weighted by atomic mass is 10.0. The highest BCUT2D eigenvalue weighted by molar-refractivity contribution is 7.40. The predicted molar refractivity (Wildman–Crippen MR) is 168 cm³/mol. The van der Waals surface area contributed by atoms with E-state index in [1.807, 2.05) is 27.7 Å². The number of rotatable bonds is 15. The normalized spacial score (nSPS) is 13.3. The molecule has 0 bridgehead atoms. The maximum atomic E-state index is 13.0. The lowest BCUT2D eigenvalue weighted by Crippen LogP contribution is -2.11. The Bertz CT molecular complexity index is 1320. The molecule has 0 aliphatic heterocycles. The molecular formula is C33H44O6P2+2. The minimum atomic E-state index is -2.20. The Morgan fingerprint density at radius 1 is 0.634 bits per heavy atom. The Labute approximate surface area is 247 Å². The van der Waals surface area contributed by atoms with E-state index in [4.69, 9.17) is 18.5 Å². The summed E-state index contributed by atoms with van der Waals surface area (Å²) in [6.45, 7) is 15.8. The van der Waals surface area contributed by atoms with Crippen LogP contribution in [-0.4, -0.2) is 11.7 Å². The SMILES string of the molecule is CCCCc1cc(C)c(OC(C)[P+](=O)Oc2cccc(O[P+](=O)C(C)Oc3c(C)cc(CCC)cc3C)c2)c(C)c1. The van der Waals surface area contributed by atoms with Crippen LogP contribution < -0.4 is 18.5 Å². The molecule has 0 spiro atoms. The molecule has 0 aliphatic rings.